The van der Waals surface area contributed by atoms with Gasteiger partial charge in [0.15, 0.2) is 0 Å². The van der Waals surface area contributed by atoms with Crippen molar-refractivity contribution in [2.75, 3.05) is 0 Å². The quantitative estimate of drug-likeness (QED) is 0.466. The minimum atomic E-state index is -3.91. The first-order valence-corrected chi connectivity index (χ1v) is 10.2. The minimum Gasteiger partial charge on any atom is -0.456 e. The van der Waals surface area contributed by atoms with Gasteiger partial charge in [0.2, 0.25) is 0 Å². The van der Waals surface area contributed by atoms with Crippen LogP contribution in [0.25, 0.3) is 21.9 Å². The number of hydrogen-bond donors (Lipinski definition) is 2. The van der Waals surface area contributed by atoms with Gasteiger partial charge in [-0.15, -0.1) is 4.83 Å². The van der Waals surface area contributed by atoms with Crippen LogP contribution in [0.4, 0.5) is 0 Å². The molecule has 0 aliphatic carbocycles. The number of carbonyl (C=O) groups excluding carboxylic acids is 1. The Hall–Kier alpha value is -2.68. The Labute approximate surface area is 163 Å². The zero-order chi connectivity index (χ0) is 19.0. The van der Waals surface area contributed by atoms with E-state index in [1.807, 2.05) is 24.3 Å². The summed E-state index contributed by atoms with van der Waals surface area (Å²) in [5, 5.41) is 1.67. The number of carbonyl (C=O) groups is 1. The number of para-hydroxylation sites is 1. The lowest BCUT2D eigenvalue weighted by molar-refractivity contribution is 0.0945. The molecule has 0 spiro atoms. The van der Waals surface area contributed by atoms with Gasteiger partial charge >= 0.3 is 0 Å². The predicted molar refractivity (Wildman–Crippen MR) is 106 cm³/mol. The summed E-state index contributed by atoms with van der Waals surface area (Å²) in [5.41, 5.74) is 3.93. The fourth-order valence-corrected chi connectivity index (χ4v) is 4.61. The Morgan fingerprint density at radius 2 is 1.59 bits per heavy atom. The molecule has 0 aliphatic rings. The van der Waals surface area contributed by atoms with Gasteiger partial charge in [0.1, 0.15) is 11.2 Å². The third kappa shape index (κ3) is 3.34. The van der Waals surface area contributed by atoms with Crippen molar-refractivity contribution in [3.63, 3.8) is 0 Å². The van der Waals surface area contributed by atoms with Gasteiger partial charge in [-0.25, -0.2) is 8.42 Å². The SMILES string of the molecule is O=C(NNS(=O)(=O)c1ccccc1Br)c1ccc2oc3ccccc3c2c1. The lowest BCUT2D eigenvalue weighted by Crippen LogP contribution is -2.41. The fourth-order valence-electron chi connectivity index (χ4n) is 2.77. The molecule has 1 aromatic heterocycles. The molecule has 8 heteroatoms. The first-order chi connectivity index (χ1) is 13.0. The molecule has 0 saturated carbocycles. The molecule has 0 unspecified atom stereocenters. The summed E-state index contributed by atoms with van der Waals surface area (Å²) in [7, 11) is -3.91. The van der Waals surface area contributed by atoms with Crippen molar-refractivity contribution in [3.05, 3.63) is 76.8 Å². The van der Waals surface area contributed by atoms with Crippen molar-refractivity contribution >= 4 is 53.8 Å². The van der Waals surface area contributed by atoms with Crippen LogP contribution >= 0.6 is 15.9 Å². The predicted octanol–water partition coefficient (Wildman–Crippen LogP) is 3.97. The fraction of sp³-hybridized carbons (Fsp3) is 0. The van der Waals surface area contributed by atoms with E-state index in [1.165, 1.54) is 6.07 Å². The van der Waals surface area contributed by atoms with E-state index >= 15 is 0 Å². The molecule has 1 heterocycles. The summed E-state index contributed by atoms with van der Waals surface area (Å²) < 4.78 is 30.9. The molecule has 0 aliphatic heterocycles. The highest BCUT2D eigenvalue weighted by Gasteiger charge is 2.19. The van der Waals surface area contributed by atoms with E-state index in [4.69, 9.17) is 4.42 Å². The molecule has 0 saturated heterocycles. The van der Waals surface area contributed by atoms with Gasteiger partial charge in [0, 0.05) is 20.8 Å². The second-order valence-corrected chi connectivity index (χ2v) is 8.30. The standard InChI is InChI=1S/C19H13BrN2O4S/c20-15-6-2-4-8-18(15)27(24,25)22-21-19(23)12-9-10-17-14(11-12)13-5-1-3-7-16(13)26-17/h1-11,22H,(H,21,23). The van der Waals surface area contributed by atoms with Gasteiger partial charge in [-0.1, -0.05) is 30.3 Å². The smallest absolute Gasteiger partial charge is 0.266 e. The van der Waals surface area contributed by atoms with E-state index in [1.54, 1.807) is 36.4 Å². The molecule has 0 fully saturated rings. The van der Waals surface area contributed by atoms with Crippen LogP contribution in [0.1, 0.15) is 10.4 Å². The van der Waals surface area contributed by atoms with Gasteiger partial charge in [-0.05, 0) is 52.3 Å². The normalized spacial score (nSPS) is 11.7. The molecule has 1 amide bonds. The highest BCUT2D eigenvalue weighted by Crippen LogP contribution is 2.29. The molecule has 136 valence electrons. The number of fused-ring (bicyclic) bond motifs is 3. The van der Waals surface area contributed by atoms with Gasteiger partial charge in [0.25, 0.3) is 15.9 Å². The zero-order valence-corrected chi connectivity index (χ0v) is 16.2. The number of sulfonamides is 1. The van der Waals surface area contributed by atoms with Gasteiger partial charge in [-0.2, -0.15) is 0 Å². The summed E-state index contributed by atoms with van der Waals surface area (Å²) in [6.07, 6.45) is 0. The van der Waals surface area contributed by atoms with E-state index < -0.39 is 15.9 Å². The van der Waals surface area contributed by atoms with Crippen LogP contribution < -0.4 is 10.3 Å². The van der Waals surface area contributed by atoms with Crippen LogP contribution in [0.15, 0.2) is 80.5 Å². The monoisotopic (exact) mass is 444 g/mol. The van der Waals surface area contributed by atoms with Gasteiger partial charge in [0.05, 0.1) is 4.90 Å². The number of amides is 1. The summed E-state index contributed by atoms with van der Waals surface area (Å²) in [6.45, 7) is 0. The van der Waals surface area contributed by atoms with Gasteiger partial charge < -0.3 is 4.42 Å². The largest absolute Gasteiger partial charge is 0.456 e. The molecular formula is C19H13BrN2O4S. The van der Waals surface area contributed by atoms with Crippen molar-refractivity contribution in [3.8, 4) is 0 Å². The van der Waals surface area contributed by atoms with E-state index in [0.717, 1.165) is 16.4 Å². The number of benzene rings is 3. The van der Waals surface area contributed by atoms with Crippen LogP contribution in [-0.4, -0.2) is 14.3 Å². The molecule has 0 atom stereocenters. The maximum atomic E-state index is 12.4. The Balaban J connectivity index is 1.60. The molecule has 27 heavy (non-hydrogen) atoms. The van der Waals surface area contributed by atoms with Gasteiger partial charge in [-0.3, -0.25) is 10.2 Å². The minimum absolute atomic E-state index is 0.0292. The maximum Gasteiger partial charge on any atom is 0.266 e. The van der Waals surface area contributed by atoms with E-state index in [-0.39, 0.29) is 4.90 Å². The third-order valence-electron chi connectivity index (χ3n) is 4.06. The number of furan rings is 1. The molecule has 4 aromatic rings. The lowest BCUT2D eigenvalue weighted by atomic mass is 10.1. The first-order valence-electron chi connectivity index (χ1n) is 7.94. The highest BCUT2D eigenvalue weighted by molar-refractivity contribution is 9.10. The van der Waals surface area contributed by atoms with E-state index in [9.17, 15) is 13.2 Å². The number of halogens is 1. The van der Waals surface area contributed by atoms with Crippen molar-refractivity contribution in [1.29, 1.82) is 0 Å². The molecule has 3 aromatic carbocycles. The maximum absolute atomic E-state index is 12.4. The average Bonchev–Trinajstić information content (AvgIpc) is 3.04. The van der Waals surface area contributed by atoms with E-state index in [0.29, 0.717) is 15.6 Å². The molecule has 0 radical (unpaired) electrons. The van der Waals surface area contributed by atoms with Crippen LogP contribution in [0, 0.1) is 0 Å². The van der Waals surface area contributed by atoms with Crippen molar-refractivity contribution < 1.29 is 17.6 Å². The number of nitrogens with one attached hydrogen (secondary N) is 2. The number of hydrogen-bond acceptors (Lipinski definition) is 4. The van der Waals surface area contributed by atoms with Crippen molar-refractivity contribution in [2.24, 2.45) is 0 Å². The molecule has 4 rings (SSSR count). The Kier molecular flexibility index (Phi) is 4.47. The Morgan fingerprint density at radius 3 is 2.41 bits per heavy atom. The van der Waals surface area contributed by atoms with Crippen LogP contribution in [0.2, 0.25) is 0 Å². The first kappa shape index (κ1) is 17.7. The number of hydrazine groups is 1. The highest BCUT2D eigenvalue weighted by atomic mass is 79.9. The van der Waals surface area contributed by atoms with Crippen LogP contribution in [0.3, 0.4) is 0 Å². The topological polar surface area (TPSA) is 88.4 Å². The summed E-state index contributed by atoms with van der Waals surface area (Å²) in [4.78, 5) is 14.6. The van der Waals surface area contributed by atoms with E-state index in [2.05, 4.69) is 26.2 Å². The Bertz CT molecular complexity index is 1280. The van der Waals surface area contributed by atoms with Crippen LogP contribution in [0.5, 0.6) is 0 Å². The van der Waals surface area contributed by atoms with Crippen molar-refractivity contribution in [2.45, 2.75) is 4.90 Å². The summed E-state index contributed by atoms with van der Waals surface area (Å²) >= 11 is 3.19. The second-order valence-electron chi connectivity index (χ2n) is 5.80. The molecule has 2 N–H and O–H groups in total. The molecular weight excluding hydrogens is 432 g/mol. The summed E-state index contributed by atoms with van der Waals surface area (Å²) in [5.74, 6) is -0.571. The van der Waals surface area contributed by atoms with Crippen LogP contribution in [-0.2, 0) is 10.0 Å². The average molecular weight is 445 g/mol. The lowest BCUT2D eigenvalue weighted by Gasteiger charge is -2.09. The molecule has 6 nitrogen and oxygen atoms in total. The Morgan fingerprint density at radius 1 is 0.889 bits per heavy atom. The third-order valence-corrected chi connectivity index (χ3v) is 6.32. The van der Waals surface area contributed by atoms with Crippen molar-refractivity contribution in [1.82, 2.24) is 10.3 Å². The second kappa shape index (κ2) is 6.80. The summed E-state index contributed by atoms with van der Waals surface area (Å²) in [6, 6.07) is 18.8. The zero-order valence-electron chi connectivity index (χ0n) is 13.8. The molecule has 0 bridgehead atoms. The number of rotatable bonds is 4.